The number of aromatic nitrogens is 3. The summed E-state index contributed by atoms with van der Waals surface area (Å²) in [6, 6.07) is 8.65. The van der Waals surface area contributed by atoms with Crippen molar-refractivity contribution in [2.24, 2.45) is 7.05 Å². The lowest BCUT2D eigenvalue weighted by atomic mass is 10.1. The third-order valence-electron chi connectivity index (χ3n) is 5.07. The second-order valence-corrected chi connectivity index (χ2v) is 6.56. The zero-order valence-electron chi connectivity index (χ0n) is 14.1. The Balaban J connectivity index is 1.52. The third-order valence-corrected chi connectivity index (χ3v) is 5.07. The highest BCUT2D eigenvalue weighted by molar-refractivity contribution is 5.77. The van der Waals surface area contributed by atoms with Crippen LogP contribution in [0.4, 0.5) is 10.7 Å². The number of urea groups is 1. The summed E-state index contributed by atoms with van der Waals surface area (Å²) in [6.07, 6.45) is 0.777. The van der Waals surface area contributed by atoms with Crippen LogP contribution in [0.25, 0.3) is 0 Å². The molecule has 0 spiro atoms. The summed E-state index contributed by atoms with van der Waals surface area (Å²) in [7, 11) is 2.02. The fraction of sp³-hybridized carbons (Fsp3) is 0.471. The Kier molecular flexibility index (Phi) is 3.63. The summed E-state index contributed by atoms with van der Waals surface area (Å²) in [4.78, 5) is 15.9. The number of hydrogen-bond donors (Lipinski definition) is 1. The van der Waals surface area contributed by atoms with Crippen molar-refractivity contribution in [3.63, 3.8) is 0 Å². The number of carbonyl (C=O) groups excluding carboxylic acids is 1. The second-order valence-electron chi connectivity index (χ2n) is 6.56. The third kappa shape index (κ3) is 2.50. The number of carbonyl (C=O) groups is 1. The Morgan fingerprint density at radius 2 is 2.08 bits per heavy atom. The van der Waals surface area contributed by atoms with Crippen LogP contribution >= 0.6 is 0 Å². The van der Waals surface area contributed by atoms with E-state index in [0.29, 0.717) is 6.54 Å². The number of amides is 2. The molecule has 1 aromatic carbocycles. The summed E-state index contributed by atoms with van der Waals surface area (Å²) in [5, 5.41) is 11.7. The number of fused-ring (bicyclic) bond motifs is 1. The van der Waals surface area contributed by atoms with E-state index in [0.717, 1.165) is 37.8 Å². The van der Waals surface area contributed by atoms with Crippen LogP contribution in [0.3, 0.4) is 0 Å². The van der Waals surface area contributed by atoms with Gasteiger partial charge in [0.2, 0.25) is 5.95 Å². The summed E-state index contributed by atoms with van der Waals surface area (Å²) in [5.41, 5.74) is 2.54. The first-order valence-corrected chi connectivity index (χ1v) is 8.35. The van der Waals surface area contributed by atoms with Gasteiger partial charge in [-0.1, -0.05) is 24.3 Å². The zero-order valence-corrected chi connectivity index (χ0v) is 14.1. The lowest BCUT2D eigenvalue weighted by Gasteiger charge is -2.36. The van der Waals surface area contributed by atoms with Gasteiger partial charge in [-0.2, -0.15) is 0 Å². The molecule has 24 heavy (non-hydrogen) atoms. The molecule has 2 saturated heterocycles. The SMILES string of the molecule is Cc1ccccc1Cc1nnc(N2CCN3C(=O)NCC3C2)n1C. The van der Waals surface area contributed by atoms with Crippen molar-refractivity contribution in [3.05, 3.63) is 41.2 Å². The first-order valence-electron chi connectivity index (χ1n) is 8.35. The smallest absolute Gasteiger partial charge is 0.317 e. The molecule has 1 aromatic heterocycles. The average molecular weight is 326 g/mol. The van der Waals surface area contributed by atoms with E-state index >= 15 is 0 Å². The number of nitrogens with one attached hydrogen (secondary N) is 1. The van der Waals surface area contributed by atoms with Gasteiger partial charge in [-0.25, -0.2) is 4.79 Å². The Morgan fingerprint density at radius 3 is 2.92 bits per heavy atom. The van der Waals surface area contributed by atoms with Gasteiger partial charge in [-0.3, -0.25) is 0 Å². The van der Waals surface area contributed by atoms with Gasteiger partial charge in [0, 0.05) is 39.6 Å². The number of nitrogens with zero attached hydrogens (tertiary/aromatic N) is 5. The number of anilines is 1. The molecule has 1 N–H and O–H groups in total. The summed E-state index contributed by atoms with van der Waals surface area (Å²) in [5.74, 6) is 1.85. The average Bonchev–Trinajstić information content (AvgIpc) is 3.13. The monoisotopic (exact) mass is 326 g/mol. The predicted molar refractivity (Wildman–Crippen MR) is 91.1 cm³/mol. The molecule has 1 unspecified atom stereocenters. The highest BCUT2D eigenvalue weighted by Gasteiger charge is 2.36. The molecular weight excluding hydrogens is 304 g/mol. The number of aryl methyl sites for hydroxylation is 1. The first kappa shape index (κ1) is 15.0. The molecule has 7 nitrogen and oxygen atoms in total. The van der Waals surface area contributed by atoms with Crippen molar-refractivity contribution in [2.75, 3.05) is 31.1 Å². The van der Waals surface area contributed by atoms with Crippen LogP contribution in [-0.4, -0.2) is 57.9 Å². The lowest BCUT2D eigenvalue weighted by Crippen LogP contribution is -2.52. The van der Waals surface area contributed by atoms with Gasteiger partial charge < -0.3 is 19.7 Å². The number of piperazine rings is 1. The minimum atomic E-state index is 0.0536. The van der Waals surface area contributed by atoms with Crippen molar-refractivity contribution >= 4 is 12.0 Å². The molecule has 7 heteroatoms. The number of benzene rings is 1. The van der Waals surface area contributed by atoms with E-state index in [-0.39, 0.29) is 12.1 Å². The fourth-order valence-corrected chi connectivity index (χ4v) is 3.55. The maximum absolute atomic E-state index is 11.7. The van der Waals surface area contributed by atoms with E-state index in [4.69, 9.17) is 0 Å². The van der Waals surface area contributed by atoms with E-state index in [1.165, 1.54) is 11.1 Å². The molecule has 2 aliphatic heterocycles. The quantitative estimate of drug-likeness (QED) is 0.911. The second kappa shape index (κ2) is 5.81. The standard InChI is InChI=1S/C17H22N6O/c1-12-5-3-4-6-13(12)9-15-19-20-16(21(15)2)22-7-8-23-14(11-22)10-18-17(23)24/h3-6,14H,7-11H2,1-2H3,(H,18,24). The number of rotatable bonds is 3. The highest BCUT2D eigenvalue weighted by Crippen LogP contribution is 2.21. The molecule has 2 aliphatic rings. The summed E-state index contributed by atoms with van der Waals surface area (Å²) >= 11 is 0. The maximum atomic E-state index is 11.7. The minimum absolute atomic E-state index is 0.0536. The molecule has 1 atom stereocenters. The largest absolute Gasteiger partial charge is 0.337 e. The van der Waals surface area contributed by atoms with Crippen LogP contribution in [0.1, 0.15) is 17.0 Å². The zero-order chi connectivity index (χ0) is 16.7. The van der Waals surface area contributed by atoms with Gasteiger partial charge in [0.1, 0.15) is 5.82 Å². The Morgan fingerprint density at radius 1 is 1.25 bits per heavy atom. The van der Waals surface area contributed by atoms with Crippen molar-refractivity contribution in [3.8, 4) is 0 Å². The highest BCUT2D eigenvalue weighted by atomic mass is 16.2. The molecule has 0 radical (unpaired) electrons. The molecule has 0 aliphatic carbocycles. The minimum Gasteiger partial charge on any atom is -0.337 e. The fourth-order valence-electron chi connectivity index (χ4n) is 3.55. The van der Waals surface area contributed by atoms with Gasteiger partial charge in [0.05, 0.1) is 6.04 Å². The topological polar surface area (TPSA) is 66.3 Å². The Labute approximate surface area is 141 Å². The van der Waals surface area contributed by atoms with Gasteiger partial charge in [0.25, 0.3) is 0 Å². The van der Waals surface area contributed by atoms with E-state index in [9.17, 15) is 4.79 Å². The molecule has 126 valence electrons. The Bertz CT molecular complexity index is 770. The predicted octanol–water partition coefficient (Wildman–Crippen LogP) is 0.928. The van der Waals surface area contributed by atoms with E-state index < -0.39 is 0 Å². The van der Waals surface area contributed by atoms with Crippen LogP contribution in [0.15, 0.2) is 24.3 Å². The van der Waals surface area contributed by atoms with Crippen LogP contribution in [0, 0.1) is 6.92 Å². The summed E-state index contributed by atoms with van der Waals surface area (Å²) < 4.78 is 2.08. The van der Waals surface area contributed by atoms with E-state index in [2.05, 4.69) is 56.2 Å². The molecular formula is C17H22N6O. The van der Waals surface area contributed by atoms with Crippen molar-refractivity contribution in [1.82, 2.24) is 25.0 Å². The van der Waals surface area contributed by atoms with Crippen molar-refractivity contribution < 1.29 is 4.79 Å². The van der Waals surface area contributed by atoms with E-state index in [1.807, 2.05) is 11.9 Å². The maximum Gasteiger partial charge on any atom is 0.317 e. The molecule has 2 aromatic rings. The molecule has 3 heterocycles. The molecule has 4 rings (SSSR count). The molecule has 2 fully saturated rings. The molecule has 0 bridgehead atoms. The van der Waals surface area contributed by atoms with Crippen molar-refractivity contribution in [1.29, 1.82) is 0 Å². The van der Waals surface area contributed by atoms with Gasteiger partial charge in [-0.15, -0.1) is 10.2 Å². The van der Waals surface area contributed by atoms with Crippen LogP contribution < -0.4 is 10.2 Å². The van der Waals surface area contributed by atoms with Crippen LogP contribution in [-0.2, 0) is 13.5 Å². The lowest BCUT2D eigenvalue weighted by molar-refractivity contribution is 0.197. The van der Waals surface area contributed by atoms with Crippen molar-refractivity contribution in [2.45, 2.75) is 19.4 Å². The molecule has 2 amide bonds. The van der Waals surface area contributed by atoms with E-state index in [1.54, 1.807) is 0 Å². The van der Waals surface area contributed by atoms with Gasteiger partial charge in [0.15, 0.2) is 0 Å². The van der Waals surface area contributed by atoms with Gasteiger partial charge >= 0.3 is 6.03 Å². The Hall–Kier alpha value is -2.57. The normalized spacial score (nSPS) is 20.2. The van der Waals surface area contributed by atoms with Crippen LogP contribution in [0.2, 0.25) is 0 Å². The van der Waals surface area contributed by atoms with Crippen LogP contribution in [0.5, 0.6) is 0 Å². The summed E-state index contributed by atoms with van der Waals surface area (Å²) in [6.45, 7) is 5.16. The number of hydrogen-bond acceptors (Lipinski definition) is 4. The van der Waals surface area contributed by atoms with Gasteiger partial charge in [-0.05, 0) is 18.1 Å². The first-order chi connectivity index (χ1) is 11.6. The molecule has 0 saturated carbocycles.